The molecule has 0 atom stereocenters. The van der Waals surface area contributed by atoms with Crippen molar-refractivity contribution in [3.05, 3.63) is 23.8 Å². The van der Waals surface area contributed by atoms with E-state index in [9.17, 15) is 13.2 Å². The summed E-state index contributed by atoms with van der Waals surface area (Å²) >= 11 is 0. The summed E-state index contributed by atoms with van der Waals surface area (Å²) in [6.07, 6.45) is 3.82. The van der Waals surface area contributed by atoms with E-state index in [1.165, 1.54) is 19.2 Å². The Labute approximate surface area is 125 Å². The van der Waals surface area contributed by atoms with Gasteiger partial charge in [-0.1, -0.05) is 26.2 Å². The van der Waals surface area contributed by atoms with Gasteiger partial charge in [-0.3, -0.25) is 0 Å². The van der Waals surface area contributed by atoms with Crippen LogP contribution in [0, 0.1) is 0 Å². The summed E-state index contributed by atoms with van der Waals surface area (Å²) in [5.41, 5.74) is -0.0952. The van der Waals surface area contributed by atoms with E-state index in [1.54, 1.807) is 0 Å². The minimum absolute atomic E-state index is 0.0952. The molecule has 0 amide bonds. The van der Waals surface area contributed by atoms with Crippen LogP contribution in [0.3, 0.4) is 0 Å². The van der Waals surface area contributed by atoms with Gasteiger partial charge in [-0.05, 0) is 24.6 Å². The zero-order valence-electron chi connectivity index (χ0n) is 12.3. The number of rotatable bonds is 9. The minimum Gasteiger partial charge on any atom is -0.495 e. The van der Waals surface area contributed by atoms with Gasteiger partial charge in [-0.15, -0.1) is 0 Å². The Kier molecular flexibility index (Phi) is 6.64. The summed E-state index contributed by atoms with van der Waals surface area (Å²) in [5, 5.41) is 8.96. The Morgan fingerprint density at radius 1 is 1.29 bits per heavy atom. The summed E-state index contributed by atoms with van der Waals surface area (Å²) < 4.78 is 31.9. The highest BCUT2D eigenvalue weighted by Gasteiger charge is 2.21. The van der Waals surface area contributed by atoms with E-state index in [4.69, 9.17) is 9.84 Å². The first-order valence-corrected chi connectivity index (χ1v) is 8.31. The largest absolute Gasteiger partial charge is 0.495 e. The van der Waals surface area contributed by atoms with Gasteiger partial charge in [-0.25, -0.2) is 17.9 Å². The zero-order valence-corrected chi connectivity index (χ0v) is 13.1. The molecule has 6 nitrogen and oxygen atoms in total. The van der Waals surface area contributed by atoms with Crippen molar-refractivity contribution >= 4 is 16.0 Å². The van der Waals surface area contributed by atoms with Gasteiger partial charge >= 0.3 is 5.97 Å². The molecule has 0 fully saturated rings. The first-order chi connectivity index (χ1) is 9.92. The van der Waals surface area contributed by atoms with Crippen LogP contribution in [-0.4, -0.2) is 33.1 Å². The number of methoxy groups -OCH3 is 1. The van der Waals surface area contributed by atoms with Gasteiger partial charge in [0.05, 0.1) is 12.7 Å². The molecule has 0 saturated heterocycles. The monoisotopic (exact) mass is 315 g/mol. The number of unbranched alkanes of at least 4 members (excludes halogenated alkanes) is 3. The van der Waals surface area contributed by atoms with Crippen LogP contribution in [0.25, 0.3) is 0 Å². The SMILES string of the molecule is CCCCCCNS(=O)(=O)c1cc(C(=O)O)ccc1OC. The van der Waals surface area contributed by atoms with Gasteiger partial charge in [0.1, 0.15) is 10.6 Å². The van der Waals surface area contributed by atoms with Crippen LogP contribution in [0.1, 0.15) is 43.0 Å². The second-order valence-corrected chi connectivity index (χ2v) is 6.36. The fraction of sp³-hybridized carbons (Fsp3) is 0.500. The summed E-state index contributed by atoms with van der Waals surface area (Å²) in [6.45, 7) is 2.40. The molecular weight excluding hydrogens is 294 g/mol. The van der Waals surface area contributed by atoms with E-state index in [0.717, 1.165) is 31.7 Å². The summed E-state index contributed by atoms with van der Waals surface area (Å²) in [4.78, 5) is 10.8. The highest BCUT2D eigenvalue weighted by atomic mass is 32.2. The maximum Gasteiger partial charge on any atom is 0.335 e. The molecule has 0 spiro atoms. The van der Waals surface area contributed by atoms with Crippen molar-refractivity contribution in [1.29, 1.82) is 0 Å². The first kappa shape index (κ1) is 17.5. The number of ether oxygens (including phenoxy) is 1. The summed E-state index contributed by atoms with van der Waals surface area (Å²) in [7, 11) is -2.44. The number of hydrogen-bond donors (Lipinski definition) is 2. The molecular formula is C14H21NO5S. The Hall–Kier alpha value is -1.60. The lowest BCUT2D eigenvalue weighted by Gasteiger charge is -2.11. The van der Waals surface area contributed by atoms with Gasteiger partial charge in [0.15, 0.2) is 0 Å². The molecule has 2 N–H and O–H groups in total. The number of aromatic carboxylic acids is 1. The highest BCUT2D eigenvalue weighted by Crippen LogP contribution is 2.24. The number of benzene rings is 1. The van der Waals surface area contributed by atoms with Gasteiger partial charge in [0.25, 0.3) is 0 Å². The van der Waals surface area contributed by atoms with E-state index < -0.39 is 16.0 Å². The zero-order chi connectivity index (χ0) is 15.9. The molecule has 0 radical (unpaired) electrons. The van der Waals surface area contributed by atoms with Crippen molar-refractivity contribution in [1.82, 2.24) is 4.72 Å². The van der Waals surface area contributed by atoms with Crippen LogP contribution in [0.15, 0.2) is 23.1 Å². The Balaban J connectivity index is 2.90. The number of sulfonamides is 1. The smallest absolute Gasteiger partial charge is 0.335 e. The van der Waals surface area contributed by atoms with E-state index >= 15 is 0 Å². The van der Waals surface area contributed by atoms with Crippen molar-refractivity contribution in [2.75, 3.05) is 13.7 Å². The number of carboxylic acid groups (broad SMARTS) is 1. The average Bonchev–Trinajstić information content (AvgIpc) is 2.46. The maximum atomic E-state index is 12.2. The first-order valence-electron chi connectivity index (χ1n) is 6.83. The van der Waals surface area contributed by atoms with Crippen LogP contribution in [0.4, 0.5) is 0 Å². The van der Waals surface area contributed by atoms with Crippen molar-refractivity contribution in [2.24, 2.45) is 0 Å². The van der Waals surface area contributed by atoms with Crippen LogP contribution in [0.2, 0.25) is 0 Å². The van der Waals surface area contributed by atoms with Crippen LogP contribution in [-0.2, 0) is 10.0 Å². The molecule has 0 unspecified atom stereocenters. The van der Waals surface area contributed by atoms with Crippen LogP contribution in [0.5, 0.6) is 5.75 Å². The maximum absolute atomic E-state index is 12.2. The molecule has 0 aliphatic rings. The van der Waals surface area contributed by atoms with Crippen molar-refractivity contribution in [3.8, 4) is 5.75 Å². The molecule has 0 aliphatic carbocycles. The molecule has 0 aliphatic heterocycles. The van der Waals surface area contributed by atoms with Crippen molar-refractivity contribution in [2.45, 2.75) is 37.5 Å². The molecule has 0 heterocycles. The lowest BCUT2D eigenvalue weighted by molar-refractivity contribution is 0.0696. The standard InChI is InChI=1S/C14H21NO5S/c1-3-4-5-6-9-15-21(18,19)13-10-11(14(16)17)7-8-12(13)20-2/h7-8,10,15H,3-6,9H2,1-2H3,(H,16,17). The van der Waals surface area contributed by atoms with E-state index in [1.807, 2.05) is 0 Å². The van der Waals surface area contributed by atoms with Crippen LogP contribution < -0.4 is 9.46 Å². The third-order valence-corrected chi connectivity index (χ3v) is 4.50. The number of hydrogen-bond acceptors (Lipinski definition) is 4. The number of carboxylic acids is 1. The predicted octanol–water partition coefficient (Wildman–Crippen LogP) is 2.25. The van der Waals surface area contributed by atoms with Gasteiger partial charge < -0.3 is 9.84 Å². The van der Waals surface area contributed by atoms with E-state index in [2.05, 4.69) is 11.6 Å². The van der Waals surface area contributed by atoms with Crippen molar-refractivity contribution in [3.63, 3.8) is 0 Å². The molecule has 0 aromatic heterocycles. The molecule has 1 aromatic rings. The summed E-state index contributed by atoms with van der Waals surface area (Å²) in [5.74, 6) is -1.06. The Morgan fingerprint density at radius 3 is 2.57 bits per heavy atom. The second-order valence-electron chi connectivity index (χ2n) is 4.63. The average molecular weight is 315 g/mol. The molecule has 7 heteroatoms. The Morgan fingerprint density at radius 2 is 2.00 bits per heavy atom. The van der Waals surface area contributed by atoms with E-state index in [0.29, 0.717) is 6.54 Å². The van der Waals surface area contributed by atoms with Gasteiger partial charge in [-0.2, -0.15) is 0 Å². The third-order valence-electron chi connectivity index (χ3n) is 3.02. The number of carbonyl (C=O) groups is 1. The molecule has 1 aromatic carbocycles. The normalized spacial score (nSPS) is 11.3. The predicted molar refractivity (Wildman–Crippen MR) is 79.3 cm³/mol. The van der Waals surface area contributed by atoms with Crippen molar-refractivity contribution < 1.29 is 23.1 Å². The number of nitrogens with one attached hydrogen (secondary N) is 1. The lowest BCUT2D eigenvalue weighted by atomic mass is 10.2. The fourth-order valence-electron chi connectivity index (χ4n) is 1.86. The van der Waals surface area contributed by atoms with E-state index in [-0.39, 0.29) is 16.2 Å². The molecule has 21 heavy (non-hydrogen) atoms. The highest BCUT2D eigenvalue weighted by molar-refractivity contribution is 7.89. The third kappa shape index (κ3) is 5.02. The lowest BCUT2D eigenvalue weighted by Crippen LogP contribution is -2.25. The molecule has 0 bridgehead atoms. The fourth-order valence-corrected chi connectivity index (χ4v) is 3.12. The minimum atomic E-state index is -3.78. The van der Waals surface area contributed by atoms with Crippen LogP contribution >= 0.6 is 0 Å². The summed E-state index contributed by atoms with van der Waals surface area (Å²) in [6, 6.07) is 3.76. The van der Waals surface area contributed by atoms with Gasteiger partial charge in [0.2, 0.25) is 10.0 Å². The quantitative estimate of drug-likeness (QED) is 0.682. The molecule has 1 rings (SSSR count). The van der Waals surface area contributed by atoms with Gasteiger partial charge in [0, 0.05) is 6.54 Å². The Bertz CT molecular complexity index is 583. The molecule has 0 saturated carbocycles. The topological polar surface area (TPSA) is 92.7 Å². The molecule has 118 valence electrons. The second kappa shape index (κ2) is 7.99.